The van der Waals surface area contributed by atoms with Crippen LogP contribution in [0.15, 0.2) is 12.3 Å². The first kappa shape index (κ1) is 8.52. The summed E-state index contributed by atoms with van der Waals surface area (Å²) >= 11 is 0. The number of hydrogen-bond donors (Lipinski definition) is 1. The van der Waals surface area contributed by atoms with Gasteiger partial charge in [0, 0.05) is 6.20 Å². The molecule has 0 unspecified atom stereocenters. The van der Waals surface area contributed by atoms with Crippen molar-refractivity contribution in [2.45, 2.75) is 6.92 Å². The minimum absolute atomic E-state index is 0.366. The molecule has 4 nitrogen and oxygen atoms in total. The number of aryl methyl sites for hydroxylation is 1. The van der Waals surface area contributed by atoms with Gasteiger partial charge in [-0.15, -0.1) is 0 Å². The molecule has 1 aromatic rings. The van der Waals surface area contributed by atoms with E-state index in [1.807, 2.05) is 0 Å². The fraction of sp³-hybridized carbons (Fsp3) is 0.250. The first-order chi connectivity index (χ1) is 5.66. The van der Waals surface area contributed by atoms with Gasteiger partial charge in [0.1, 0.15) is 0 Å². The van der Waals surface area contributed by atoms with Gasteiger partial charge in [0.25, 0.3) is 0 Å². The van der Waals surface area contributed by atoms with Crippen molar-refractivity contribution in [3.63, 3.8) is 0 Å². The van der Waals surface area contributed by atoms with E-state index in [4.69, 9.17) is 5.73 Å². The van der Waals surface area contributed by atoms with Crippen molar-refractivity contribution in [2.75, 3.05) is 12.8 Å². The average Bonchev–Trinajstić information content (AvgIpc) is 2.08. The summed E-state index contributed by atoms with van der Waals surface area (Å²) in [6.45, 7) is 1.74. The van der Waals surface area contributed by atoms with Gasteiger partial charge >= 0.3 is 5.97 Å². The summed E-state index contributed by atoms with van der Waals surface area (Å²) in [5.41, 5.74) is 6.98. The molecule has 0 aliphatic heterocycles. The molecule has 0 bridgehead atoms. The Morgan fingerprint density at radius 2 is 2.33 bits per heavy atom. The normalized spacial score (nSPS) is 9.50. The molecule has 64 valence electrons. The lowest BCUT2D eigenvalue weighted by Crippen LogP contribution is -2.07. The maximum Gasteiger partial charge on any atom is 0.340 e. The zero-order chi connectivity index (χ0) is 9.14. The highest BCUT2D eigenvalue weighted by molar-refractivity contribution is 5.95. The van der Waals surface area contributed by atoms with Crippen LogP contribution in [0.5, 0.6) is 0 Å². The highest BCUT2D eigenvalue weighted by Crippen LogP contribution is 2.14. The average molecular weight is 166 g/mol. The van der Waals surface area contributed by atoms with Crippen LogP contribution in [-0.2, 0) is 4.74 Å². The predicted octanol–water partition coefficient (Wildman–Crippen LogP) is 0.759. The van der Waals surface area contributed by atoms with Gasteiger partial charge in [0.05, 0.1) is 24.1 Å². The molecular weight excluding hydrogens is 156 g/mol. The lowest BCUT2D eigenvalue weighted by Gasteiger charge is -2.04. The number of rotatable bonds is 1. The maximum atomic E-state index is 11.1. The molecule has 12 heavy (non-hydrogen) atoms. The van der Waals surface area contributed by atoms with Gasteiger partial charge in [-0.25, -0.2) is 4.79 Å². The third-order valence-electron chi connectivity index (χ3n) is 1.59. The molecule has 0 aromatic carbocycles. The molecular formula is C8H10N2O2. The summed E-state index contributed by atoms with van der Waals surface area (Å²) in [6.07, 6.45) is 1.53. The summed E-state index contributed by atoms with van der Waals surface area (Å²) in [6, 6.07) is 1.54. The van der Waals surface area contributed by atoms with Crippen LogP contribution >= 0.6 is 0 Å². The van der Waals surface area contributed by atoms with E-state index in [1.54, 1.807) is 6.92 Å². The van der Waals surface area contributed by atoms with Crippen LogP contribution in [0, 0.1) is 6.92 Å². The second kappa shape index (κ2) is 3.21. The highest BCUT2D eigenvalue weighted by Gasteiger charge is 2.10. The number of aromatic nitrogens is 1. The maximum absolute atomic E-state index is 11.1. The molecule has 0 aliphatic carbocycles. The van der Waals surface area contributed by atoms with Crippen molar-refractivity contribution < 1.29 is 9.53 Å². The molecule has 0 atom stereocenters. The number of ether oxygens (including phenoxy) is 1. The van der Waals surface area contributed by atoms with Crippen LogP contribution in [0.2, 0.25) is 0 Å². The number of methoxy groups -OCH3 is 1. The van der Waals surface area contributed by atoms with Crippen LogP contribution in [-0.4, -0.2) is 18.1 Å². The topological polar surface area (TPSA) is 65.2 Å². The minimum atomic E-state index is -0.432. The van der Waals surface area contributed by atoms with E-state index >= 15 is 0 Å². The van der Waals surface area contributed by atoms with E-state index in [9.17, 15) is 4.79 Å². The first-order valence-corrected chi connectivity index (χ1v) is 3.46. The number of esters is 1. The second-order valence-electron chi connectivity index (χ2n) is 2.35. The van der Waals surface area contributed by atoms with Crippen LogP contribution in [0.25, 0.3) is 0 Å². The number of carbonyl (C=O) groups excluding carboxylic acids is 1. The van der Waals surface area contributed by atoms with Crippen LogP contribution in [0.3, 0.4) is 0 Å². The molecule has 0 fully saturated rings. The third-order valence-corrected chi connectivity index (χ3v) is 1.59. The molecule has 0 saturated carbocycles. The number of nitrogens with two attached hydrogens (primary N) is 1. The molecule has 0 spiro atoms. The third kappa shape index (κ3) is 1.37. The van der Waals surface area contributed by atoms with E-state index in [2.05, 4.69) is 9.72 Å². The molecule has 1 rings (SSSR count). The lowest BCUT2D eigenvalue weighted by atomic mass is 10.2. The second-order valence-corrected chi connectivity index (χ2v) is 2.35. The minimum Gasteiger partial charge on any atom is -0.465 e. The molecule has 4 heteroatoms. The van der Waals surface area contributed by atoms with E-state index in [0.717, 1.165) is 0 Å². The standard InChI is InChI=1S/C8H10N2O2/c1-5-7(9)6(3-4-10-5)8(11)12-2/h3-4H,9H2,1-2H3. The van der Waals surface area contributed by atoms with Gasteiger partial charge < -0.3 is 10.5 Å². The smallest absolute Gasteiger partial charge is 0.340 e. The van der Waals surface area contributed by atoms with Gasteiger partial charge in [-0.1, -0.05) is 0 Å². The van der Waals surface area contributed by atoms with E-state index in [1.165, 1.54) is 19.4 Å². The fourth-order valence-electron chi connectivity index (χ4n) is 0.866. The molecule has 1 heterocycles. The predicted molar refractivity (Wildman–Crippen MR) is 44.7 cm³/mol. The zero-order valence-electron chi connectivity index (χ0n) is 7.00. The molecule has 0 saturated heterocycles. The van der Waals surface area contributed by atoms with Gasteiger partial charge in [-0.2, -0.15) is 0 Å². The van der Waals surface area contributed by atoms with Crippen molar-refractivity contribution in [2.24, 2.45) is 0 Å². The van der Waals surface area contributed by atoms with Gasteiger partial charge in [-0.05, 0) is 13.0 Å². The van der Waals surface area contributed by atoms with Gasteiger partial charge in [0.15, 0.2) is 0 Å². The number of nitrogens with zero attached hydrogens (tertiary/aromatic N) is 1. The Hall–Kier alpha value is -1.58. The summed E-state index contributed by atoms with van der Waals surface area (Å²) < 4.78 is 4.53. The van der Waals surface area contributed by atoms with Gasteiger partial charge in [0.2, 0.25) is 0 Å². The Bertz CT molecular complexity index is 310. The van der Waals surface area contributed by atoms with Crippen molar-refractivity contribution in [3.8, 4) is 0 Å². The Labute approximate surface area is 70.4 Å². The van der Waals surface area contributed by atoms with Crippen molar-refractivity contribution in [3.05, 3.63) is 23.5 Å². The number of hydrogen-bond acceptors (Lipinski definition) is 4. The number of anilines is 1. The first-order valence-electron chi connectivity index (χ1n) is 3.46. The summed E-state index contributed by atoms with van der Waals surface area (Å²) in [4.78, 5) is 15.0. The Morgan fingerprint density at radius 1 is 1.67 bits per heavy atom. The van der Waals surface area contributed by atoms with Crippen molar-refractivity contribution in [1.82, 2.24) is 4.98 Å². The van der Waals surface area contributed by atoms with Gasteiger partial charge in [-0.3, -0.25) is 4.98 Å². The molecule has 0 radical (unpaired) electrons. The quantitative estimate of drug-likeness (QED) is 0.625. The monoisotopic (exact) mass is 166 g/mol. The Balaban J connectivity index is 3.16. The summed E-state index contributed by atoms with van der Waals surface area (Å²) in [5.74, 6) is -0.432. The molecule has 2 N–H and O–H groups in total. The van der Waals surface area contributed by atoms with Crippen LogP contribution in [0.4, 0.5) is 5.69 Å². The van der Waals surface area contributed by atoms with Crippen LogP contribution < -0.4 is 5.73 Å². The zero-order valence-corrected chi connectivity index (χ0v) is 7.00. The largest absolute Gasteiger partial charge is 0.465 e. The van der Waals surface area contributed by atoms with Crippen LogP contribution in [0.1, 0.15) is 16.1 Å². The highest BCUT2D eigenvalue weighted by atomic mass is 16.5. The summed E-state index contributed by atoms with van der Waals surface area (Å²) in [5, 5.41) is 0. The molecule has 0 aliphatic rings. The summed E-state index contributed by atoms with van der Waals surface area (Å²) in [7, 11) is 1.32. The molecule has 1 aromatic heterocycles. The molecule has 0 amide bonds. The number of nitrogen functional groups attached to an aromatic ring is 1. The van der Waals surface area contributed by atoms with E-state index in [-0.39, 0.29) is 0 Å². The Kier molecular flexibility index (Phi) is 2.28. The lowest BCUT2D eigenvalue weighted by molar-refractivity contribution is 0.0601. The SMILES string of the molecule is COC(=O)c1ccnc(C)c1N. The van der Waals surface area contributed by atoms with Crippen molar-refractivity contribution >= 4 is 11.7 Å². The number of pyridine rings is 1. The number of carbonyl (C=O) groups is 1. The fourth-order valence-corrected chi connectivity index (χ4v) is 0.866. The van der Waals surface area contributed by atoms with E-state index < -0.39 is 5.97 Å². The van der Waals surface area contributed by atoms with Crippen molar-refractivity contribution in [1.29, 1.82) is 0 Å². The Morgan fingerprint density at radius 3 is 2.92 bits per heavy atom. The van der Waals surface area contributed by atoms with E-state index in [0.29, 0.717) is 16.9 Å².